The second kappa shape index (κ2) is 21.6. The first-order valence-electron chi connectivity index (χ1n) is 28.5. The molecule has 6 aromatic rings. The van der Waals surface area contributed by atoms with Crippen molar-refractivity contribution in [3.63, 3.8) is 0 Å². The Morgan fingerprint density at radius 1 is 0.476 bits per heavy atom. The van der Waals surface area contributed by atoms with Gasteiger partial charge >= 0.3 is 0 Å². The van der Waals surface area contributed by atoms with E-state index in [1.54, 1.807) is 33.0 Å². The number of morpholine rings is 3. The number of nitrogens with two attached hydrogens (primary N) is 3. The van der Waals surface area contributed by atoms with E-state index in [0.29, 0.717) is 116 Å². The van der Waals surface area contributed by atoms with Gasteiger partial charge in [-0.3, -0.25) is 0 Å². The maximum absolute atomic E-state index is 14.4. The minimum absolute atomic E-state index is 0.153. The van der Waals surface area contributed by atoms with Crippen molar-refractivity contribution in [2.45, 2.75) is 113 Å². The van der Waals surface area contributed by atoms with Crippen LogP contribution in [0, 0.1) is 11.6 Å². The molecule has 0 radical (unpaired) electrons. The molecule has 21 nitrogen and oxygen atoms in total. The van der Waals surface area contributed by atoms with Crippen LogP contribution in [0.1, 0.15) is 59.3 Å². The van der Waals surface area contributed by atoms with E-state index in [1.165, 1.54) is 24.5 Å². The summed E-state index contributed by atoms with van der Waals surface area (Å²) in [5.74, 6) is 2.56. The lowest BCUT2D eigenvalue weighted by molar-refractivity contribution is 0.0987. The number of pyridine rings is 3. The Morgan fingerprint density at radius 3 is 1.06 bits per heavy atom. The Morgan fingerprint density at radius 2 is 0.798 bits per heavy atom. The molecule has 0 spiro atoms. The number of anilines is 9. The van der Waals surface area contributed by atoms with E-state index in [1.807, 2.05) is 32.9 Å². The molecule has 15 rings (SSSR count). The standard InChI is InChI=1S/C19H22ClFN6O.2C19H22F2N6O/c3*1-19(21)2-3-26(10-19)18-24-15(11-4-14(20)17(22)23-7-11)6-16(25-18)27-8-13-5-12(27)9-28-13/h3*4,6-7,12-13H,2-3,5,8-10H2,1H3,(H2,22,23)/t12-,13-,19-;2*12-,13-,19?/m000/s1. The van der Waals surface area contributed by atoms with Crippen LogP contribution in [0.5, 0.6) is 0 Å². The highest BCUT2D eigenvalue weighted by atomic mass is 35.5. The van der Waals surface area contributed by atoms with E-state index in [9.17, 15) is 22.0 Å². The smallest absolute Gasteiger partial charge is 0.227 e. The van der Waals surface area contributed by atoms with Crippen LogP contribution >= 0.6 is 11.6 Å². The van der Waals surface area contributed by atoms with Crippen LogP contribution in [0.3, 0.4) is 0 Å². The highest BCUT2D eigenvalue weighted by Gasteiger charge is 2.44. The van der Waals surface area contributed by atoms with E-state index < -0.39 is 28.6 Å². The molecule has 15 heterocycles. The molecule has 9 aliphatic rings. The van der Waals surface area contributed by atoms with E-state index in [4.69, 9.17) is 62.9 Å². The van der Waals surface area contributed by atoms with Crippen molar-refractivity contribution in [1.82, 2.24) is 44.9 Å². The van der Waals surface area contributed by atoms with Crippen LogP contribution in [-0.4, -0.2) is 177 Å². The Labute approximate surface area is 487 Å². The van der Waals surface area contributed by atoms with Gasteiger partial charge < -0.3 is 60.8 Å². The minimum atomic E-state index is -1.27. The molecule has 9 atom stereocenters. The lowest BCUT2D eigenvalue weighted by Crippen LogP contribution is -2.38. The summed E-state index contributed by atoms with van der Waals surface area (Å²) >= 11 is 6.17. The number of fused-ring (bicyclic) bond motifs is 6. The van der Waals surface area contributed by atoms with Gasteiger partial charge in [0, 0.05) is 112 Å². The Balaban J connectivity index is 0.000000118. The molecule has 0 aromatic carbocycles. The predicted octanol–water partition coefficient (Wildman–Crippen LogP) is 7.04. The number of hydrogen-bond donors (Lipinski definition) is 3. The van der Waals surface area contributed by atoms with Crippen LogP contribution in [0.15, 0.2) is 55.0 Å². The molecular formula is C57H66ClF5N18O3. The average Bonchev–Trinajstić information content (AvgIpc) is 2.71. The fraction of sp³-hybridized carbons (Fsp3) is 0.526. The third-order valence-corrected chi connectivity index (χ3v) is 17.6. The highest BCUT2D eigenvalue weighted by molar-refractivity contribution is 6.33. The molecule has 0 amide bonds. The molecule has 9 aliphatic heterocycles. The summed E-state index contributed by atoms with van der Waals surface area (Å²) in [6, 6.07) is 10.9. The Bertz CT molecular complexity index is 3130. The zero-order valence-corrected chi connectivity index (χ0v) is 47.6. The van der Waals surface area contributed by atoms with Gasteiger partial charge in [0.1, 0.15) is 40.3 Å². The molecule has 27 heteroatoms. The molecule has 84 heavy (non-hydrogen) atoms. The maximum atomic E-state index is 14.4. The fourth-order valence-electron chi connectivity index (χ4n) is 12.7. The van der Waals surface area contributed by atoms with Crippen molar-refractivity contribution in [3.8, 4) is 33.8 Å². The fourth-order valence-corrected chi connectivity index (χ4v) is 12.8. The molecule has 9 saturated heterocycles. The quantitative estimate of drug-likeness (QED) is 0.123. The van der Waals surface area contributed by atoms with Gasteiger partial charge in [0.15, 0.2) is 23.3 Å². The molecule has 0 saturated carbocycles. The summed E-state index contributed by atoms with van der Waals surface area (Å²) in [5, 5.41) is 0.380. The normalized spacial score (nSPS) is 29.1. The molecule has 6 aromatic heterocycles. The highest BCUT2D eigenvalue weighted by Crippen LogP contribution is 2.40. The van der Waals surface area contributed by atoms with Crippen LogP contribution in [0.25, 0.3) is 33.8 Å². The Hall–Kier alpha value is -7.29. The predicted molar refractivity (Wildman–Crippen MR) is 309 cm³/mol. The van der Waals surface area contributed by atoms with E-state index in [-0.39, 0.29) is 67.5 Å². The summed E-state index contributed by atoms with van der Waals surface area (Å²) in [5.41, 5.74) is 16.6. The lowest BCUT2D eigenvalue weighted by Gasteiger charge is -2.29. The Kier molecular flexibility index (Phi) is 14.4. The summed E-state index contributed by atoms with van der Waals surface area (Å²) in [6.45, 7) is 11.6. The molecular weight excluding hydrogens is 1120 g/mol. The van der Waals surface area contributed by atoms with Gasteiger partial charge in [-0.05, 0) is 58.2 Å². The van der Waals surface area contributed by atoms with Gasteiger partial charge in [0.2, 0.25) is 17.8 Å². The number of aromatic nitrogens is 9. The number of rotatable bonds is 9. The monoisotopic (exact) mass is 1180 g/mol. The minimum Gasteiger partial charge on any atom is -0.382 e. The van der Waals surface area contributed by atoms with Crippen LogP contribution in [0.4, 0.5) is 74.7 Å². The summed E-state index contributed by atoms with van der Waals surface area (Å²) in [6.07, 6.45) is 9.59. The van der Waals surface area contributed by atoms with Gasteiger partial charge in [0.25, 0.3) is 0 Å². The third kappa shape index (κ3) is 11.5. The van der Waals surface area contributed by atoms with Crippen LogP contribution in [0.2, 0.25) is 5.02 Å². The second-order valence-electron chi connectivity index (χ2n) is 24.3. The molecule has 0 aliphatic carbocycles. The second-order valence-corrected chi connectivity index (χ2v) is 24.7. The number of halogens is 6. The number of alkyl halides is 3. The van der Waals surface area contributed by atoms with Gasteiger partial charge in [-0.1, -0.05) is 11.6 Å². The SMILES string of the molecule is CC1(F)CCN(c2nc(-c3cnc(N)c(F)c3)cc(N3C[C@@H]4C[C@H]3CO4)n2)C1.CC1(F)CCN(c2nc(-c3cnc(N)c(F)c3)cc(N3C[C@@H]4C[C@H]3CO4)n2)C1.C[C@]1(F)CCN(c2nc(-c3cnc(N)c(Cl)c3)cc(N3C[C@@H]4C[C@H]3CO4)n2)C1. The van der Waals surface area contributed by atoms with Crippen molar-refractivity contribution in [1.29, 1.82) is 0 Å². The topological polar surface area (TPSA) is 241 Å². The van der Waals surface area contributed by atoms with Gasteiger partial charge in [-0.15, -0.1) is 0 Å². The molecule has 9 fully saturated rings. The first kappa shape index (κ1) is 55.9. The average molecular weight is 1180 g/mol. The van der Waals surface area contributed by atoms with Crippen molar-refractivity contribution >= 4 is 64.4 Å². The van der Waals surface area contributed by atoms with Crippen molar-refractivity contribution in [2.75, 3.05) is 125 Å². The van der Waals surface area contributed by atoms with E-state index in [2.05, 4.69) is 39.6 Å². The summed E-state index contributed by atoms with van der Waals surface area (Å²) < 4.78 is 88.3. The van der Waals surface area contributed by atoms with E-state index in [0.717, 1.165) is 61.9 Å². The number of ether oxygens (including phenoxy) is 3. The van der Waals surface area contributed by atoms with Crippen molar-refractivity contribution in [2.24, 2.45) is 0 Å². The first-order chi connectivity index (χ1) is 40.1. The van der Waals surface area contributed by atoms with Gasteiger partial charge in [-0.2, -0.15) is 15.0 Å². The van der Waals surface area contributed by atoms with Crippen molar-refractivity contribution in [3.05, 3.63) is 71.6 Å². The summed E-state index contributed by atoms with van der Waals surface area (Å²) in [7, 11) is 0. The van der Waals surface area contributed by atoms with Gasteiger partial charge in [-0.25, -0.2) is 51.9 Å². The molecule has 2 unspecified atom stereocenters. The first-order valence-corrected chi connectivity index (χ1v) is 28.9. The van der Waals surface area contributed by atoms with Gasteiger partial charge in [0.05, 0.1) is 98.0 Å². The molecule has 6 N–H and O–H groups in total. The van der Waals surface area contributed by atoms with Crippen molar-refractivity contribution < 1.29 is 36.2 Å². The third-order valence-electron chi connectivity index (χ3n) is 17.3. The lowest BCUT2D eigenvalue weighted by atomic mass is 10.1. The van der Waals surface area contributed by atoms with E-state index >= 15 is 0 Å². The largest absolute Gasteiger partial charge is 0.382 e. The zero-order chi connectivity index (χ0) is 58.4. The number of hydrogen-bond acceptors (Lipinski definition) is 21. The maximum Gasteiger partial charge on any atom is 0.227 e. The van der Waals surface area contributed by atoms with Crippen LogP contribution < -0.4 is 46.6 Å². The molecule has 444 valence electrons. The summed E-state index contributed by atoms with van der Waals surface area (Å²) in [4.78, 5) is 52.4. The molecule has 6 bridgehead atoms. The number of nitrogens with zero attached hydrogens (tertiary/aromatic N) is 15. The number of nitrogen functional groups attached to an aromatic ring is 3. The zero-order valence-electron chi connectivity index (χ0n) is 46.8. The van der Waals surface area contributed by atoms with Crippen LogP contribution in [-0.2, 0) is 14.2 Å².